The van der Waals surface area contributed by atoms with E-state index >= 15 is 0 Å². The summed E-state index contributed by atoms with van der Waals surface area (Å²) in [5.74, 6) is 1.07. The van der Waals surface area contributed by atoms with E-state index in [9.17, 15) is 8.42 Å². The molecule has 3 nitrogen and oxygen atoms in total. The van der Waals surface area contributed by atoms with Gasteiger partial charge < -0.3 is 5.32 Å². The van der Waals surface area contributed by atoms with Crippen LogP contribution in [-0.4, -0.2) is 33.5 Å². The van der Waals surface area contributed by atoms with Crippen LogP contribution < -0.4 is 5.32 Å². The number of halogens is 1. The van der Waals surface area contributed by atoms with Gasteiger partial charge in [-0.05, 0) is 42.9 Å². The third kappa shape index (κ3) is 7.84. The average Bonchev–Trinajstić information content (AvgIpc) is 2.36. The number of rotatable bonds is 9. The highest BCUT2D eigenvalue weighted by Gasteiger charge is 2.15. The lowest BCUT2D eigenvalue weighted by molar-refractivity contribution is 0.497. The van der Waals surface area contributed by atoms with Crippen molar-refractivity contribution in [3.8, 4) is 0 Å². The summed E-state index contributed by atoms with van der Waals surface area (Å²) in [5, 5.41) is 4.21. The van der Waals surface area contributed by atoms with Crippen LogP contribution in [-0.2, 0) is 9.84 Å². The van der Waals surface area contributed by atoms with Gasteiger partial charge in [0.05, 0.1) is 0 Å². The average molecular weight is 332 g/mol. The zero-order valence-corrected chi connectivity index (χ0v) is 14.7. The van der Waals surface area contributed by atoms with Crippen molar-refractivity contribution in [3.63, 3.8) is 0 Å². The van der Waals surface area contributed by atoms with Gasteiger partial charge in [-0.1, -0.05) is 43.6 Å². The van der Waals surface area contributed by atoms with E-state index in [1.807, 2.05) is 24.3 Å². The summed E-state index contributed by atoms with van der Waals surface area (Å²) in [4.78, 5) is 0. The third-order valence-electron chi connectivity index (χ3n) is 3.36. The highest BCUT2D eigenvalue weighted by atomic mass is 35.5. The first kappa shape index (κ1) is 18.5. The quantitative estimate of drug-likeness (QED) is 0.753. The molecule has 0 saturated heterocycles. The van der Waals surface area contributed by atoms with Crippen molar-refractivity contribution in [2.75, 3.05) is 25.1 Å². The molecule has 5 heteroatoms. The first-order valence-corrected chi connectivity index (χ1v) is 9.86. The number of sulfone groups is 1. The minimum Gasteiger partial charge on any atom is -0.316 e. The normalized spacial score (nSPS) is 13.6. The largest absolute Gasteiger partial charge is 0.316 e. The van der Waals surface area contributed by atoms with Gasteiger partial charge in [0.2, 0.25) is 0 Å². The van der Waals surface area contributed by atoms with Crippen molar-refractivity contribution in [1.82, 2.24) is 5.32 Å². The maximum absolute atomic E-state index is 11.3. The van der Waals surface area contributed by atoms with E-state index in [-0.39, 0.29) is 11.7 Å². The summed E-state index contributed by atoms with van der Waals surface area (Å²) in [5.41, 5.74) is 1.10. The molecule has 0 fully saturated rings. The Labute approximate surface area is 134 Å². The van der Waals surface area contributed by atoms with Crippen LogP contribution in [0.25, 0.3) is 0 Å². The first-order valence-electron chi connectivity index (χ1n) is 7.42. The van der Waals surface area contributed by atoms with Crippen molar-refractivity contribution >= 4 is 21.4 Å². The zero-order valence-electron chi connectivity index (χ0n) is 13.1. The molecule has 0 amide bonds. The van der Waals surface area contributed by atoms with Gasteiger partial charge in [-0.3, -0.25) is 0 Å². The van der Waals surface area contributed by atoms with Gasteiger partial charge in [-0.2, -0.15) is 0 Å². The Morgan fingerprint density at radius 2 is 1.86 bits per heavy atom. The second-order valence-electron chi connectivity index (χ2n) is 6.04. The van der Waals surface area contributed by atoms with E-state index in [4.69, 9.17) is 11.6 Å². The van der Waals surface area contributed by atoms with E-state index in [2.05, 4.69) is 19.2 Å². The lowest BCUT2D eigenvalue weighted by Gasteiger charge is -2.20. The molecule has 0 aliphatic carbocycles. The molecule has 1 atom stereocenters. The highest BCUT2D eigenvalue weighted by Crippen LogP contribution is 2.27. The Balaban J connectivity index is 2.68. The second kappa shape index (κ2) is 8.76. The van der Waals surface area contributed by atoms with E-state index in [0.717, 1.165) is 30.1 Å². The summed E-state index contributed by atoms with van der Waals surface area (Å²) in [7, 11) is -2.90. The molecular formula is C16H26ClNO2S. The molecule has 1 aromatic carbocycles. The van der Waals surface area contributed by atoms with Gasteiger partial charge in [-0.25, -0.2) is 8.42 Å². The molecule has 0 aliphatic heterocycles. The van der Waals surface area contributed by atoms with E-state index in [0.29, 0.717) is 12.3 Å². The van der Waals surface area contributed by atoms with Crippen LogP contribution in [0.3, 0.4) is 0 Å². The molecule has 0 bridgehead atoms. The van der Waals surface area contributed by atoms with Gasteiger partial charge in [-0.15, -0.1) is 0 Å². The van der Waals surface area contributed by atoms with Gasteiger partial charge in [0.1, 0.15) is 9.84 Å². The Morgan fingerprint density at radius 1 is 1.19 bits per heavy atom. The van der Waals surface area contributed by atoms with E-state index in [1.54, 1.807) is 0 Å². The summed E-state index contributed by atoms with van der Waals surface area (Å²) < 4.78 is 22.6. The lowest BCUT2D eigenvalue weighted by Crippen LogP contribution is -2.26. The van der Waals surface area contributed by atoms with Gasteiger partial charge in [0.15, 0.2) is 0 Å². The van der Waals surface area contributed by atoms with Crippen molar-refractivity contribution in [2.24, 2.45) is 5.92 Å². The molecule has 1 unspecified atom stereocenters. The van der Waals surface area contributed by atoms with Crippen LogP contribution in [0.4, 0.5) is 0 Å². The molecule has 1 N–H and O–H groups in total. The van der Waals surface area contributed by atoms with Gasteiger partial charge in [0.25, 0.3) is 0 Å². The van der Waals surface area contributed by atoms with Crippen molar-refractivity contribution in [3.05, 3.63) is 34.9 Å². The minimum atomic E-state index is -2.90. The van der Waals surface area contributed by atoms with E-state index < -0.39 is 9.84 Å². The van der Waals surface area contributed by atoms with Gasteiger partial charge in [0, 0.05) is 23.6 Å². The molecule has 0 aromatic heterocycles. The topological polar surface area (TPSA) is 46.2 Å². The zero-order chi connectivity index (χ0) is 15.9. The smallest absolute Gasteiger partial charge is 0.147 e. The molecule has 120 valence electrons. The van der Waals surface area contributed by atoms with Crippen molar-refractivity contribution in [2.45, 2.75) is 32.6 Å². The molecule has 0 spiro atoms. The van der Waals surface area contributed by atoms with E-state index in [1.165, 1.54) is 6.26 Å². The molecule has 0 saturated carbocycles. The Bertz CT molecular complexity index is 529. The molecule has 0 radical (unpaired) electrons. The summed E-state index contributed by atoms with van der Waals surface area (Å²) in [6.07, 6.45) is 2.77. The Morgan fingerprint density at radius 3 is 2.43 bits per heavy atom. The Kier molecular flexibility index (Phi) is 7.71. The SMILES string of the molecule is CC(C)CNCC(CCCS(C)(=O)=O)c1ccccc1Cl. The fourth-order valence-electron chi connectivity index (χ4n) is 2.31. The maximum atomic E-state index is 11.3. The summed E-state index contributed by atoms with van der Waals surface area (Å²) >= 11 is 6.28. The fraction of sp³-hybridized carbons (Fsp3) is 0.625. The monoisotopic (exact) mass is 331 g/mol. The maximum Gasteiger partial charge on any atom is 0.147 e. The predicted octanol–water partition coefficient (Wildman–Crippen LogP) is 3.49. The standard InChI is InChI=1S/C16H26ClNO2S/c1-13(2)11-18-12-14(7-6-10-21(3,19)20)15-8-4-5-9-16(15)17/h4-5,8-9,13-14,18H,6-7,10-12H2,1-3H3. The highest BCUT2D eigenvalue weighted by molar-refractivity contribution is 7.90. The van der Waals surface area contributed by atoms with Crippen LogP contribution in [0.2, 0.25) is 5.02 Å². The molecule has 1 rings (SSSR count). The van der Waals surface area contributed by atoms with Crippen molar-refractivity contribution < 1.29 is 8.42 Å². The number of hydrogen-bond donors (Lipinski definition) is 1. The minimum absolute atomic E-state index is 0.234. The summed E-state index contributed by atoms with van der Waals surface area (Å²) in [6.45, 7) is 6.11. The van der Waals surface area contributed by atoms with Crippen LogP contribution in [0.15, 0.2) is 24.3 Å². The number of nitrogens with one attached hydrogen (secondary N) is 1. The molecule has 0 heterocycles. The number of hydrogen-bond acceptors (Lipinski definition) is 3. The molecule has 1 aromatic rings. The van der Waals surface area contributed by atoms with Crippen LogP contribution >= 0.6 is 11.6 Å². The van der Waals surface area contributed by atoms with Crippen LogP contribution in [0.5, 0.6) is 0 Å². The number of benzene rings is 1. The van der Waals surface area contributed by atoms with Crippen LogP contribution in [0.1, 0.15) is 38.2 Å². The Hall–Kier alpha value is -0.580. The molecule has 21 heavy (non-hydrogen) atoms. The predicted molar refractivity (Wildman–Crippen MR) is 90.8 cm³/mol. The van der Waals surface area contributed by atoms with Gasteiger partial charge >= 0.3 is 0 Å². The molecule has 0 aliphatic rings. The van der Waals surface area contributed by atoms with Crippen molar-refractivity contribution in [1.29, 1.82) is 0 Å². The lowest BCUT2D eigenvalue weighted by atomic mass is 9.94. The fourth-order valence-corrected chi connectivity index (χ4v) is 3.29. The second-order valence-corrected chi connectivity index (χ2v) is 8.71. The molecular weight excluding hydrogens is 306 g/mol. The first-order chi connectivity index (χ1) is 9.79. The van der Waals surface area contributed by atoms with Crippen LogP contribution in [0, 0.1) is 5.92 Å². The third-order valence-corrected chi connectivity index (χ3v) is 4.73. The summed E-state index contributed by atoms with van der Waals surface area (Å²) in [6, 6.07) is 7.82.